The molecule has 19 heavy (non-hydrogen) atoms. The molecule has 0 aromatic heterocycles. The Morgan fingerprint density at radius 2 is 1.95 bits per heavy atom. The summed E-state index contributed by atoms with van der Waals surface area (Å²) in [7, 11) is 0. The number of benzene rings is 1. The van der Waals surface area contributed by atoms with Crippen LogP contribution >= 0.6 is 0 Å². The molecule has 2 N–H and O–H groups in total. The zero-order chi connectivity index (χ0) is 14.4. The van der Waals surface area contributed by atoms with Gasteiger partial charge in [-0.05, 0) is 43.4 Å². The summed E-state index contributed by atoms with van der Waals surface area (Å²) in [6, 6.07) is 5.88. The standard InChI is InChI=1S/C16H26N2O/c1-6-17-15-9-12(4)7-8-14(15)16(19)18-10-13(5)11(2)3/h7-9,11,13,17H,6,10H2,1-5H3,(H,18,19). The van der Waals surface area contributed by atoms with Gasteiger partial charge in [-0.3, -0.25) is 4.79 Å². The second kappa shape index (κ2) is 7.17. The van der Waals surface area contributed by atoms with E-state index in [9.17, 15) is 4.79 Å². The Bertz CT molecular complexity index is 427. The molecular formula is C16H26N2O. The van der Waals surface area contributed by atoms with Crippen LogP contribution in [0.5, 0.6) is 0 Å². The molecule has 0 saturated heterocycles. The molecule has 1 atom stereocenters. The summed E-state index contributed by atoms with van der Waals surface area (Å²) in [6.45, 7) is 12.1. The van der Waals surface area contributed by atoms with Crippen LogP contribution in [0, 0.1) is 18.8 Å². The molecule has 106 valence electrons. The van der Waals surface area contributed by atoms with Crippen LogP contribution in [0.4, 0.5) is 5.69 Å². The number of hydrogen-bond acceptors (Lipinski definition) is 2. The third-order valence-electron chi connectivity index (χ3n) is 3.51. The molecule has 0 aliphatic carbocycles. The summed E-state index contributed by atoms with van der Waals surface area (Å²) in [5.41, 5.74) is 2.80. The van der Waals surface area contributed by atoms with Crippen LogP contribution < -0.4 is 10.6 Å². The van der Waals surface area contributed by atoms with Crippen LogP contribution in [0.2, 0.25) is 0 Å². The highest BCUT2D eigenvalue weighted by atomic mass is 16.1. The van der Waals surface area contributed by atoms with E-state index in [1.54, 1.807) is 0 Å². The van der Waals surface area contributed by atoms with E-state index in [1.807, 2.05) is 32.0 Å². The van der Waals surface area contributed by atoms with Crippen molar-refractivity contribution < 1.29 is 4.79 Å². The van der Waals surface area contributed by atoms with E-state index >= 15 is 0 Å². The highest BCUT2D eigenvalue weighted by molar-refractivity contribution is 5.99. The van der Waals surface area contributed by atoms with Crippen molar-refractivity contribution in [1.29, 1.82) is 0 Å². The van der Waals surface area contributed by atoms with Crippen LogP contribution in [0.1, 0.15) is 43.6 Å². The first-order valence-electron chi connectivity index (χ1n) is 7.08. The molecule has 0 saturated carbocycles. The number of carbonyl (C=O) groups excluding carboxylic acids is 1. The molecule has 1 unspecified atom stereocenters. The topological polar surface area (TPSA) is 41.1 Å². The number of anilines is 1. The monoisotopic (exact) mass is 262 g/mol. The molecule has 0 aliphatic heterocycles. The van der Waals surface area contributed by atoms with Crippen molar-refractivity contribution >= 4 is 11.6 Å². The maximum absolute atomic E-state index is 12.2. The van der Waals surface area contributed by atoms with Crippen molar-refractivity contribution in [2.24, 2.45) is 11.8 Å². The SMILES string of the molecule is CCNc1cc(C)ccc1C(=O)NCC(C)C(C)C. The molecule has 1 amide bonds. The van der Waals surface area contributed by atoms with Crippen molar-refractivity contribution in [3.05, 3.63) is 29.3 Å². The van der Waals surface area contributed by atoms with Gasteiger partial charge in [0, 0.05) is 18.8 Å². The van der Waals surface area contributed by atoms with Crippen LogP contribution in [0.3, 0.4) is 0 Å². The molecule has 0 bridgehead atoms. The first kappa shape index (κ1) is 15.5. The van der Waals surface area contributed by atoms with E-state index in [4.69, 9.17) is 0 Å². The maximum atomic E-state index is 12.2. The fraction of sp³-hybridized carbons (Fsp3) is 0.562. The van der Waals surface area contributed by atoms with Crippen LogP contribution in [0.15, 0.2) is 18.2 Å². The van der Waals surface area contributed by atoms with E-state index in [1.165, 1.54) is 0 Å². The predicted octanol–water partition coefficient (Wildman–Crippen LogP) is 3.45. The fourth-order valence-corrected chi connectivity index (χ4v) is 1.78. The molecule has 1 aromatic carbocycles. The highest BCUT2D eigenvalue weighted by Gasteiger charge is 2.13. The summed E-state index contributed by atoms with van der Waals surface area (Å²) >= 11 is 0. The Kier molecular flexibility index (Phi) is 5.87. The average molecular weight is 262 g/mol. The van der Waals surface area contributed by atoms with Gasteiger partial charge in [0.15, 0.2) is 0 Å². The Morgan fingerprint density at radius 1 is 1.26 bits per heavy atom. The zero-order valence-corrected chi connectivity index (χ0v) is 12.7. The third kappa shape index (κ3) is 4.58. The number of hydrogen-bond donors (Lipinski definition) is 2. The zero-order valence-electron chi connectivity index (χ0n) is 12.7. The van der Waals surface area contributed by atoms with Gasteiger partial charge in [-0.25, -0.2) is 0 Å². The second-order valence-electron chi connectivity index (χ2n) is 5.51. The maximum Gasteiger partial charge on any atom is 0.253 e. The number of nitrogens with one attached hydrogen (secondary N) is 2. The highest BCUT2D eigenvalue weighted by Crippen LogP contribution is 2.18. The third-order valence-corrected chi connectivity index (χ3v) is 3.51. The van der Waals surface area contributed by atoms with Gasteiger partial charge in [0.05, 0.1) is 5.56 Å². The minimum Gasteiger partial charge on any atom is -0.385 e. The first-order chi connectivity index (χ1) is 8.95. The lowest BCUT2D eigenvalue weighted by molar-refractivity contribution is 0.0945. The normalized spacial score (nSPS) is 12.3. The molecule has 1 aromatic rings. The van der Waals surface area contributed by atoms with Gasteiger partial charge in [-0.1, -0.05) is 26.8 Å². The quantitative estimate of drug-likeness (QED) is 0.824. The lowest BCUT2D eigenvalue weighted by Gasteiger charge is -2.17. The molecular weight excluding hydrogens is 236 g/mol. The van der Waals surface area contributed by atoms with Crippen molar-refractivity contribution in [2.75, 3.05) is 18.4 Å². The summed E-state index contributed by atoms with van der Waals surface area (Å²) in [6.07, 6.45) is 0. The summed E-state index contributed by atoms with van der Waals surface area (Å²) in [5.74, 6) is 1.06. The fourth-order valence-electron chi connectivity index (χ4n) is 1.78. The Hall–Kier alpha value is -1.51. The molecule has 1 rings (SSSR count). The minimum atomic E-state index is 0.00319. The smallest absolute Gasteiger partial charge is 0.253 e. The summed E-state index contributed by atoms with van der Waals surface area (Å²) in [5, 5.41) is 6.27. The van der Waals surface area contributed by atoms with E-state index < -0.39 is 0 Å². The largest absolute Gasteiger partial charge is 0.385 e. The van der Waals surface area contributed by atoms with Gasteiger partial charge in [0.2, 0.25) is 0 Å². The van der Waals surface area contributed by atoms with Gasteiger partial charge < -0.3 is 10.6 Å². The van der Waals surface area contributed by atoms with Gasteiger partial charge in [-0.15, -0.1) is 0 Å². The van der Waals surface area contributed by atoms with E-state index in [0.29, 0.717) is 11.8 Å². The molecule has 0 radical (unpaired) electrons. The first-order valence-corrected chi connectivity index (χ1v) is 7.08. The van der Waals surface area contributed by atoms with E-state index in [0.717, 1.165) is 29.9 Å². The molecule has 3 heteroatoms. The van der Waals surface area contributed by atoms with Crippen LogP contribution in [0.25, 0.3) is 0 Å². The molecule has 0 fully saturated rings. The van der Waals surface area contributed by atoms with Crippen molar-refractivity contribution in [3.8, 4) is 0 Å². The number of rotatable bonds is 6. The van der Waals surface area contributed by atoms with Crippen molar-refractivity contribution in [2.45, 2.75) is 34.6 Å². The molecule has 0 heterocycles. The Labute approximate surface area is 116 Å². The van der Waals surface area contributed by atoms with E-state index in [2.05, 4.69) is 31.4 Å². The molecule has 3 nitrogen and oxygen atoms in total. The average Bonchev–Trinajstić information content (AvgIpc) is 2.36. The minimum absolute atomic E-state index is 0.00319. The molecule has 0 aliphatic rings. The number of aryl methyl sites for hydroxylation is 1. The van der Waals surface area contributed by atoms with Gasteiger partial charge >= 0.3 is 0 Å². The van der Waals surface area contributed by atoms with Crippen LogP contribution in [-0.2, 0) is 0 Å². The Morgan fingerprint density at radius 3 is 2.53 bits per heavy atom. The van der Waals surface area contributed by atoms with Gasteiger partial charge in [-0.2, -0.15) is 0 Å². The number of carbonyl (C=O) groups is 1. The van der Waals surface area contributed by atoms with Gasteiger partial charge in [0.25, 0.3) is 5.91 Å². The summed E-state index contributed by atoms with van der Waals surface area (Å²) in [4.78, 5) is 12.2. The molecule has 0 spiro atoms. The number of amides is 1. The van der Waals surface area contributed by atoms with Crippen molar-refractivity contribution in [3.63, 3.8) is 0 Å². The van der Waals surface area contributed by atoms with Crippen LogP contribution in [-0.4, -0.2) is 19.0 Å². The van der Waals surface area contributed by atoms with Gasteiger partial charge in [0.1, 0.15) is 0 Å². The lowest BCUT2D eigenvalue weighted by atomic mass is 9.98. The van der Waals surface area contributed by atoms with E-state index in [-0.39, 0.29) is 5.91 Å². The van der Waals surface area contributed by atoms with Crippen molar-refractivity contribution in [1.82, 2.24) is 5.32 Å². The second-order valence-corrected chi connectivity index (χ2v) is 5.51. The predicted molar refractivity (Wildman–Crippen MR) is 81.7 cm³/mol. The lowest BCUT2D eigenvalue weighted by Crippen LogP contribution is -2.30. The summed E-state index contributed by atoms with van der Waals surface area (Å²) < 4.78 is 0. The Balaban J connectivity index is 2.76.